The molecule has 1 aromatic heterocycles. The second-order valence-electron chi connectivity index (χ2n) is 4.65. The summed E-state index contributed by atoms with van der Waals surface area (Å²) in [4.78, 5) is 0. The molecule has 0 bridgehead atoms. The molecule has 3 nitrogen and oxygen atoms in total. The van der Waals surface area contributed by atoms with Gasteiger partial charge in [0.25, 0.3) is 0 Å². The summed E-state index contributed by atoms with van der Waals surface area (Å²) in [6.07, 6.45) is 3.96. The first-order chi connectivity index (χ1) is 9.20. The van der Waals surface area contributed by atoms with Gasteiger partial charge in [-0.25, -0.2) is 0 Å². The summed E-state index contributed by atoms with van der Waals surface area (Å²) < 4.78 is 3.08. The summed E-state index contributed by atoms with van der Waals surface area (Å²) in [5, 5.41) is 7.77. The van der Waals surface area contributed by atoms with Gasteiger partial charge in [0.15, 0.2) is 0 Å². The lowest BCUT2D eigenvalue weighted by atomic mass is 10.0. The van der Waals surface area contributed by atoms with Gasteiger partial charge in [-0.2, -0.15) is 5.10 Å². The topological polar surface area (TPSA) is 29.9 Å². The molecule has 1 atom stereocenters. The van der Waals surface area contributed by atoms with E-state index in [2.05, 4.69) is 63.6 Å². The smallest absolute Gasteiger partial charge is 0.0492 e. The van der Waals surface area contributed by atoms with Crippen LogP contribution in [-0.4, -0.2) is 16.3 Å². The van der Waals surface area contributed by atoms with E-state index in [1.165, 1.54) is 11.3 Å². The van der Waals surface area contributed by atoms with Crippen molar-refractivity contribution in [1.29, 1.82) is 0 Å². The van der Waals surface area contributed by atoms with Crippen LogP contribution in [0.5, 0.6) is 0 Å². The van der Waals surface area contributed by atoms with Gasteiger partial charge < -0.3 is 5.32 Å². The molecular weight excluding hydrogens is 302 g/mol. The first-order valence-electron chi connectivity index (χ1n) is 6.66. The maximum Gasteiger partial charge on any atom is 0.0492 e. The fourth-order valence-electron chi connectivity index (χ4n) is 2.30. The van der Waals surface area contributed by atoms with E-state index >= 15 is 0 Å². The van der Waals surface area contributed by atoms with E-state index in [1.807, 2.05) is 17.9 Å². The Hall–Kier alpha value is -1.13. The van der Waals surface area contributed by atoms with E-state index < -0.39 is 0 Å². The summed E-state index contributed by atoms with van der Waals surface area (Å²) in [6.45, 7) is 3.12. The molecule has 0 spiro atoms. The van der Waals surface area contributed by atoms with E-state index in [1.54, 1.807) is 0 Å². The lowest BCUT2D eigenvalue weighted by molar-refractivity contribution is 0.506. The normalized spacial score (nSPS) is 12.6. The summed E-state index contributed by atoms with van der Waals surface area (Å²) in [6, 6.07) is 11.0. The van der Waals surface area contributed by atoms with E-state index in [0.29, 0.717) is 6.04 Å². The maximum atomic E-state index is 4.22. The van der Waals surface area contributed by atoms with Crippen molar-refractivity contribution in [2.45, 2.75) is 25.8 Å². The van der Waals surface area contributed by atoms with Crippen LogP contribution in [0.3, 0.4) is 0 Å². The highest BCUT2D eigenvalue weighted by Crippen LogP contribution is 2.22. The van der Waals surface area contributed by atoms with Gasteiger partial charge in [0.1, 0.15) is 0 Å². The third-order valence-electron chi connectivity index (χ3n) is 3.31. The van der Waals surface area contributed by atoms with Crippen LogP contribution in [0.25, 0.3) is 0 Å². The second-order valence-corrected chi connectivity index (χ2v) is 5.57. The summed E-state index contributed by atoms with van der Waals surface area (Å²) in [5.41, 5.74) is 2.61. The fraction of sp³-hybridized carbons (Fsp3) is 0.400. The zero-order valence-corrected chi connectivity index (χ0v) is 13.0. The maximum absolute atomic E-state index is 4.22. The van der Waals surface area contributed by atoms with Gasteiger partial charge in [0.2, 0.25) is 0 Å². The van der Waals surface area contributed by atoms with Gasteiger partial charge in [-0.1, -0.05) is 35.0 Å². The quantitative estimate of drug-likeness (QED) is 0.883. The van der Waals surface area contributed by atoms with Crippen LogP contribution in [0.4, 0.5) is 0 Å². The molecule has 0 fully saturated rings. The van der Waals surface area contributed by atoms with E-state index in [-0.39, 0.29) is 0 Å². The molecule has 1 unspecified atom stereocenters. The van der Waals surface area contributed by atoms with Gasteiger partial charge in [-0.15, -0.1) is 0 Å². The van der Waals surface area contributed by atoms with Gasteiger partial charge >= 0.3 is 0 Å². The molecule has 0 radical (unpaired) electrons. The number of nitrogens with zero attached hydrogens (tertiary/aromatic N) is 2. The van der Waals surface area contributed by atoms with Crippen LogP contribution in [0.2, 0.25) is 0 Å². The van der Waals surface area contributed by atoms with E-state index in [4.69, 9.17) is 0 Å². The Morgan fingerprint density at radius 2 is 2.21 bits per heavy atom. The van der Waals surface area contributed by atoms with Gasteiger partial charge in [-0.3, -0.25) is 4.68 Å². The fourth-order valence-corrected chi connectivity index (χ4v) is 2.71. The highest BCUT2D eigenvalue weighted by molar-refractivity contribution is 9.10. The van der Waals surface area contributed by atoms with Crippen molar-refractivity contribution in [3.8, 4) is 0 Å². The largest absolute Gasteiger partial charge is 0.310 e. The van der Waals surface area contributed by atoms with Crippen molar-refractivity contribution in [2.75, 3.05) is 6.54 Å². The average Bonchev–Trinajstić information content (AvgIpc) is 2.80. The zero-order chi connectivity index (χ0) is 13.7. The predicted molar refractivity (Wildman–Crippen MR) is 82.1 cm³/mol. The van der Waals surface area contributed by atoms with Crippen molar-refractivity contribution in [3.63, 3.8) is 0 Å². The lowest BCUT2D eigenvalue weighted by Crippen LogP contribution is -2.21. The number of nitrogens with one attached hydrogen (secondary N) is 1. The average molecular weight is 322 g/mol. The molecule has 2 aromatic rings. The molecule has 4 heteroatoms. The van der Waals surface area contributed by atoms with Gasteiger partial charge in [0.05, 0.1) is 0 Å². The zero-order valence-electron chi connectivity index (χ0n) is 11.4. The Bertz CT molecular complexity index is 522. The minimum Gasteiger partial charge on any atom is -0.310 e. The van der Waals surface area contributed by atoms with Gasteiger partial charge in [-0.05, 0) is 43.1 Å². The Morgan fingerprint density at radius 1 is 1.37 bits per heavy atom. The number of hydrogen-bond acceptors (Lipinski definition) is 2. The van der Waals surface area contributed by atoms with Gasteiger partial charge in [0, 0.05) is 29.5 Å². The number of rotatable bonds is 6. The monoisotopic (exact) mass is 321 g/mol. The Morgan fingerprint density at radius 3 is 2.84 bits per heavy atom. The third-order valence-corrected chi connectivity index (χ3v) is 3.81. The Kier molecular flexibility index (Phi) is 5.16. The Balaban J connectivity index is 2.06. The molecular formula is C15H20BrN3. The molecule has 1 aromatic carbocycles. The van der Waals surface area contributed by atoms with Crippen molar-refractivity contribution >= 4 is 15.9 Å². The summed E-state index contributed by atoms with van der Waals surface area (Å²) in [7, 11) is 2.00. The van der Waals surface area contributed by atoms with E-state index in [0.717, 1.165) is 23.9 Å². The standard InChI is InChI=1S/C15H20BrN3/c1-3-17-15(12-5-4-6-13(16)11-12)8-7-14-9-10-18-19(14)2/h4-6,9-11,15,17H,3,7-8H2,1-2H3. The van der Waals surface area contributed by atoms with Crippen molar-refractivity contribution in [3.05, 3.63) is 52.3 Å². The Labute approximate surface area is 123 Å². The van der Waals surface area contributed by atoms with Crippen molar-refractivity contribution < 1.29 is 0 Å². The number of hydrogen-bond donors (Lipinski definition) is 1. The molecule has 2 rings (SSSR count). The molecule has 19 heavy (non-hydrogen) atoms. The first-order valence-corrected chi connectivity index (χ1v) is 7.45. The van der Waals surface area contributed by atoms with Crippen LogP contribution in [-0.2, 0) is 13.5 Å². The summed E-state index contributed by atoms with van der Waals surface area (Å²) >= 11 is 3.54. The minimum absolute atomic E-state index is 0.386. The van der Waals surface area contributed by atoms with Crippen LogP contribution < -0.4 is 5.32 Å². The number of halogens is 1. The number of aromatic nitrogens is 2. The molecule has 0 aliphatic heterocycles. The van der Waals surface area contributed by atoms with Crippen molar-refractivity contribution in [1.82, 2.24) is 15.1 Å². The molecule has 0 aliphatic rings. The number of benzene rings is 1. The molecule has 1 heterocycles. The minimum atomic E-state index is 0.386. The second kappa shape index (κ2) is 6.87. The van der Waals surface area contributed by atoms with Crippen molar-refractivity contribution in [2.24, 2.45) is 7.05 Å². The van der Waals surface area contributed by atoms with E-state index in [9.17, 15) is 0 Å². The molecule has 102 valence electrons. The highest BCUT2D eigenvalue weighted by Gasteiger charge is 2.11. The van der Waals surface area contributed by atoms with Crippen LogP contribution in [0.1, 0.15) is 30.6 Å². The first kappa shape index (κ1) is 14.3. The SMILES string of the molecule is CCNC(CCc1ccnn1C)c1cccc(Br)c1. The molecule has 0 saturated heterocycles. The van der Waals surface area contributed by atoms with Crippen LogP contribution in [0.15, 0.2) is 41.0 Å². The predicted octanol–water partition coefficient (Wildman–Crippen LogP) is 3.47. The molecule has 1 N–H and O–H groups in total. The number of aryl methyl sites for hydroxylation is 2. The molecule has 0 amide bonds. The van der Waals surface area contributed by atoms with Crippen LogP contribution in [0, 0.1) is 0 Å². The summed E-state index contributed by atoms with van der Waals surface area (Å²) in [5.74, 6) is 0. The van der Waals surface area contributed by atoms with Crippen LogP contribution >= 0.6 is 15.9 Å². The molecule has 0 saturated carbocycles. The lowest BCUT2D eigenvalue weighted by Gasteiger charge is -2.18. The molecule has 0 aliphatic carbocycles. The highest BCUT2D eigenvalue weighted by atomic mass is 79.9. The third kappa shape index (κ3) is 3.91.